The van der Waals surface area contributed by atoms with Gasteiger partial charge in [-0.25, -0.2) is 4.79 Å². The van der Waals surface area contributed by atoms with Gasteiger partial charge < -0.3 is 19.5 Å². The third-order valence-electron chi connectivity index (χ3n) is 6.29. The van der Waals surface area contributed by atoms with Crippen LogP contribution in [0.4, 0.5) is 54.8 Å². The number of amides is 2. The van der Waals surface area contributed by atoms with Gasteiger partial charge in [0, 0.05) is 18.3 Å². The third-order valence-corrected chi connectivity index (χ3v) is 6.29. The summed E-state index contributed by atoms with van der Waals surface area (Å²) in [6, 6.07) is 0.312. The highest BCUT2D eigenvalue weighted by Crippen LogP contribution is 2.45. The molecule has 0 saturated carbocycles. The number of benzene rings is 2. The summed E-state index contributed by atoms with van der Waals surface area (Å²) in [5, 5.41) is 11.9. The van der Waals surface area contributed by atoms with Crippen molar-refractivity contribution in [2.24, 2.45) is 0 Å². The fraction of sp³-hybridized carbons (Fsp3) is 0.417. The van der Waals surface area contributed by atoms with Crippen LogP contribution in [0.15, 0.2) is 36.4 Å². The van der Waals surface area contributed by atoms with Crippen LogP contribution in [0.25, 0.3) is 0 Å². The number of carbonyl (C=O) groups excluding carboxylic acids is 2. The molecule has 214 valence electrons. The van der Waals surface area contributed by atoms with Crippen LogP contribution < -0.4 is 10.0 Å². The Hall–Kier alpha value is -3.65. The van der Waals surface area contributed by atoms with E-state index in [0.717, 1.165) is 13.2 Å². The molecular formula is C24H20F9N2O4-. The molecule has 0 N–H and O–H groups in total. The van der Waals surface area contributed by atoms with Crippen molar-refractivity contribution in [3.05, 3.63) is 64.2 Å². The molecule has 6 nitrogen and oxygen atoms in total. The summed E-state index contributed by atoms with van der Waals surface area (Å²) in [7, 11) is 0.864. The molecule has 2 aromatic rings. The standard InChI is InChI=1S/C24H21F9N2O4/c1-3-16-10-19(17-9-13(22(25,26)27)4-5-18(17)35(16)20(36)37)34(21(38)39-2)11-12-6-14(23(28,29)30)8-15(7-12)24(31,32)33/h4-9,16,19H,3,10-11H2,1-2H3,(H,36,37)/p-1. The van der Waals surface area contributed by atoms with Gasteiger partial charge in [0.1, 0.15) is 6.09 Å². The lowest BCUT2D eigenvalue weighted by Gasteiger charge is -2.45. The van der Waals surface area contributed by atoms with Crippen molar-refractivity contribution in [1.29, 1.82) is 0 Å². The number of anilines is 1. The maximum atomic E-state index is 13.5. The fourth-order valence-corrected chi connectivity index (χ4v) is 4.52. The van der Waals surface area contributed by atoms with E-state index in [1.165, 1.54) is 6.92 Å². The number of alkyl halides is 9. The molecule has 2 amide bonds. The number of ether oxygens (including phenoxy) is 1. The molecule has 0 spiro atoms. The fourth-order valence-electron chi connectivity index (χ4n) is 4.52. The number of carbonyl (C=O) groups is 2. The van der Waals surface area contributed by atoms with Gasteiger partial charge in [0.05, 0.1) is 29.8 Å². The average molecular weight is 571 g/mol. The van der Waals surface area contributed by atoms with E-state index in [0.29, 0.717) is 34.1 Å². The summed E-state index contributed by atoms with van der Waals surface area (Å²) >= 11 is 0. The molecule has 0 fully saturated rings. The SMILES string of the molecule is CCC1CC(N(Cc2cc(C(F)(F)F)cc(C(F)(F)F)c2)C(=O)OC)c2cc(C(F)(F)F)ccc2N1C(=O)[O-]. The number of rotatable bonds is 4. The zero-order chi connectivity index (χ0) is 29.5. The number of fused-ring (bicyclic) bond motifs is 1. The zero-order valence-electron chi connectivity index (χ0n) is 20.2. The van der Waals surface area contributed by atoms with Crippen LogP contribution >= 0.6 is 0 Å². The Bertz CT molecular complexity index is 1210. The van der Waals surface area contributed by atoms with Crippen molar-refractivity contribution in [2.75, 3.05) is 12.0 Å². The average Bonchev–Trinajstić information content (AvgIpc) is 2.83. The maximum absolute atomic E-state index is 13.5. The van der Waals surface area contributed by atoms with Gasteiger partial charge in [0.2, 0.25) is 0 Å². The highest BCUT2D eigenvalue weighted by atomic mass is 19.4. The molecule has 0 aromatic heterocycles. The predicted octanol–water partition coefficient (Wildman–Crippen LogP) is 6.38. The second-order valence-electron chi connectivity index (χ2n) is 8.73. The highest BCUT2D eigenvalue weighted by Gasteiger charge is 2.41. The van der Waals surface area contributed by atoms with E-state index in [1.54, 1.807) is 0 Å². The number of nitrogens with zero attached hydrogens (tertiary/aromatic N) is 2. The molecule has 1 heterocycles. The second kappa shape index (κ2) is 10.5. The molecule has 0 saturated heterocycles. The van der Waals surface area contributed by atoms with Crippen LogP contribution in [0.1, 0.15) is 53.6 Å². The van der Waals surface area contributed by atoms with Gasteiger partial charge >= 0.3 is 24.6 Å². The van der Waals surface area contributed by atoms with Crippen molar-refractivity contribution in [3.63, 3.8) is 0 Å². The first-order chi connectivity index (χ1) is 17.9. The summed E-state index contributed by atoms with van der Waals surface area (Å²) < 4.78 is 125. The van der Waals surface area contributed by atoms with Crippen molar-refractivity contribution >= 4 is 17.9 Å². The molecule has 1 aliphatic heterocycles. The quantitative estimate of drug-likeness (QED) is 0.399. The maximum Gasteiger partial charge on any atom is 0.416 e. The molecule has 0 radical (unpaired) electrons. The monoisotopic (exact) mass is 571 g/mol. The van der Waals surface area contributed by atoms with Crippen molar-refractivity contribution in [1.82, 2.24) is 4.90 Å². The summed E-state index contributed by atoms with van der Waals surface area (Å²) in [5.74, 6) is 0. The highest BCUT2D eigenvalue weighted by molar-refractivity contribution is 5.88. The molecular weight excluding hydrogens is 551 g/mol. The summed E-state index contributed by atoms with van der Waals surface area (Å²) in [5.41, 5.74) is -5.80. The van der Waals surface area contributed by atoms with Gasteiger partial charge in [-0.05, 0) is 60.4 Å². The van der Waals surface area contributed by atoms with Crippen LogP contribution in [-0.4, -0.2) is 30.2 Å². The minimum Gasteiger partial charge on any atom is -0.530 e. The summed E-state index contributed by atoms with van der Waals surface area (Å²) in [6.07, 6.45) is -18.6. The number of hydrogen-bond donors (Lipinski definition) is 0. The van der Waals surface area contributed by atoms with Gasteiger partial charge in [-0.2, -0.15) is 39.5 Å². The molecule has 2 aromatic carbocycles. The van der Waals surface area contributed by atoms with Gasteiger partial charge in [-0.3, -0.25) is 4.90 Å². The Morgan fingerprint density at radius 1 is 0.923 bits per heavy atom. The third kappa shape index (κ3) is 6.33. The van der Waals surface area contributed by atoms with E-state index in [1.807, 2.05) is 0 Å². The normalized spacial score (nSPS) is 18.0. The van der Waals surface area contributed by atoms with Crippen LogP contribution in [-0.2, 0) is 29.8 Å². The molecule has 0 bridgehead atoms. The Morgan fingerprint density at radius 3 is 1.90 bits per heavy atom. The largest absolute Gasteiger partial charge is 0.530 e. The number of methoxy groups -OCH3 is 1. The molecule has 3 rings (SSSR count). The molecule has 0 aliphatic carbocycles. The topological polar surface area (TPSA) is 72.9 Å². The van der Waals surface area contributed by atoms with E-state index in [9.17, 15) is 54.2 Å². The van der Waals surface area contributed by atoms with Crippen molar-refractivity contribution in [3.8, 4) is 0 Å². The lowest BCUT2D eigenvalue weighted by molar-refractivity contribution is -0.247. The lowest BCUT2D eigenvalue weighted by Crippen LogP contribution is -2.52. The second-order valence-corrected chi connectivity index (χ2v) is 8.73. The summed E-state index contributed by atoms with van der Waals surface area (Å²) in [4.78, 5) is 26.0. The molecule has 15 heteroatoms. The molecule has 2 atom stereocenters. The van der Waals surface area contributed by atoms with Crippen molar-refractivity contribution in [2.45, 2.75) is 56.9 Å². The Kier molecular flexibility index (Phi) is 8.04. The Balaban J connectivity index is 2.22. The predicted molar refractivity (Wildman–Crippen MR) is 115 cm³/mol. The lowest BCUT2D eigenvalue weighted by atomic mass is 9.87. The molecule has 2 unspecified atom stereocenters. The van der Waals surface area contributed by atoms with Gasteiger partial charge in [-0.15, -0.1) is 0 Å². The van der Waals surface area contributed by atoms with Crippen LogP contribution in [0.5, 0.6) is 0 Å². The van der Waals surface area contributed by atoms with Crippen LogP contribution in [0.2, 0.25) is 0 Å². The van der Waals surface area contributed by atoms with Crippen LogP contribution in [0, 0.1) is 0 Å². The molecule has 39 heavy (non-hydrogen) atoms. The van der Waals surface area contributed by atoms with Gasteiger partial charge in [0.15, 0.2) is 0 Å². The number of hydrogen-bond acceptors (Lipinski definition) is 4. The molecule has 1 aliphatic rings. The first-order valence-corrected chi connectivity index (χ1v) is 11.2. The first kappa shape index (κ1) is 29.9. The van der Waals surface area contributed by atoms with E-state index in [2.05, 4.69) is 4.74 Å². The Morgan fingerprint density at radius 2 is 1.46 bits per heavy atom. The minimum absolute atomic E-state index is 0.0851. The van der Waals surface area contributed by atoms with Gasteiger partial charge in [0.25, 0.3) is 0 Å². The van der Waals surface area contributed by atoms with E-state index in [-0.39, 0.29) is 30.2 Å². The zero-order valence-corrected chi connectivity index (χ0v) is 20.2. The van der Waals surface area contributed by atoms with Crippen molar-refractivity contribution < 1.29 is 58.9 Å². The van der Waals surface area contributed by atoms with E-state index in [4.69, 9.17) is 0 Å². The van der Waals surface area contributed by atoms with Gasteiger partial charge in [-0.1, -0.05) is 6.92 Å². The number of halogens is 9. The minimum atomic E-state index is -5.19. The van der Waals surface area contributed by atoms with E-state index < -0.39 is 71.6 Å². The smallest absolute Gasteiger partial charge is 0.416 e. The number of carboxylic acid groups (broad SMARTS) is 1. The van der Waals surface area contributed by atoms with Crippen LogP contribution in [0.3, 0.4) is 0 Å². The van der Waals surface area contributed by atoms with E-state index >= 15 is 0 Å². The summed E-state index contributed by atoms with van der Waals surface area (Å²) in [6.45, 7) is 0.611. The first-order valence-electron chi connectivity index (χ1n) is 11.2. The Labute approximate surface area is 215 Å².